The van der Waals surface area contributed by atoms with Crippen LogP contribution in [0.25, 0.3) is 0 Å². The topological polar surface area (TPSA) is 52.6 Å². The standard InChI is InChI=1S/C7H10O4/c1-4-5(6(8)10-2)7(9)11-3/h4H,1-3H3. The van der Waals surface area contributed by atoms with Crippen molar-refractivity contribution in [2.75, 3.05) is 14.2 Å². The first-order chi connectivity index (χ1) is 5.17. The third-order valence-corrected chi connectivity index (χ3v) is 1.10. The van der Waals surface area contributed by atoms with Crippen LogP contribution in [0.4, 0.5) is 0 Å². The Morgan fingerprint density at radius 3 is 1.64 bits per heavy atom. The van der Waals surface area contributed by atoms with Gasteiger partial charge in [0, 0.05) is 0 Å². The summed E-state index contributed by atoms with van der Waals surface area (Å²) in [6, 6.07) is 0. The van der Waals surface area contributed by atoms with E-state index in [1.807, 2.05) is 0 Å². The molecule has 0 aliphatic rings. The molecule has 0 bridgehead atoms. The predicted molar refractivity (Wildman–Crippen MR) is 37.8 cm³/mol. The van der Waals surface area contributed by atoms with Gasteiger partial charge >= 0.3 is 11.9 Å². The van der Waals surface area contributed by atoms with Crippen LogP contribution in [0.2, 0.25) is 0 Å². The number of hydrogen-bond donors (Lipinski definition) is 0. The minimum atomic E-state index is -0.681. The lowest BCUT2D eigenvalue weighted by Gasteiger charge is -2.00. The third kappa shape index (κ3) is 2.41. The fourth-order valence-corrected chi connectivity index (χ4v) is 0.539. The largest absolute Gasteiger partial charge is 0.465 e. The molecular formula is C7H10O4. The summed E-state index contributed by atoms with van der Waals surface area (Å²) in [4.78, 5) is 21.5. The lowest BCUT2D eigenvalue weighted by atomic mass is 10.2. The molecule has 0 atom stereocenters. The Morgan fingerprint density at radius 2 is 1.45 bits per heavy atom. The van der Waals surface area contributed by atoms with Crippen molar-refractivity contribution in [1.29, 1.82) is 0 Å². The number of rotatable bonds is 2. The first-order valence-electron chi connectivity index (χ1n) is 3.00. The second kappa shape index (κ2) is 4.49. The fraction of sp³-hybridized carbons (Fsp3) is 0.429. The van der Waals surface area contributed by atoms with E-state index in [1.165, 1.54) is 20.3 Å². The van der Waals surface area contributed by atoms with Gasteiger partial charge in [0.15, 0.2) is 0 Å². The van der Waals surface area contributed by atoms with E-state index >= 15 is 0 Å². The highest BCUT2D eigenvalue weighted by atomic mass is 16.5. The van der Waals surface area contributed by atoms with E-state index in [2.05, 4.69) is 9.47 Å². The summed E-state index contributed by atoms with van der Waals surface area (Å²) < 4.78 is 8.64. The van der Waals surface area contributed by atoms with Crippen LogP contribution in [0.1, 0.15) is 6.92 Å². The number of allylic oxidation sites excluding steroid dienone is 1. The molecule has 0 aromatic carbocycles. The number of esters is 2. The number of carbonyl (C=O) groups excluding carboxylic acids is 2. The summed E-state index contributed by atoms with van der Waals surface area (Å²) in [5, 5.41) is 0. The van der Waals surface area contributed by atoms with E-state index in [4.69, 9.17) is 0 Å². The van der Waals surface area contributed by atoms with E-state index in [-0.39, 0.29) is 5.57 Å². The molecule has 0 heterocycles. The molecule has 0 aliphatic heterocycles. The molecule has 0 rings (SSSR count). The lowest BCUT2D eigenvalue weighted by Crippen LogP contribution is -2.15. The van der Waals surface area contributed by atoms with Gasteiger partial charge in [-0.25, -0.2) is 9.59 Å². The van der Waals surface area contributed by atoms with Gasteiger partial charge in [-0.2, -0.15) is 0 Å². The summed E-state index contributed by atoms with van der Waals surface area (Å²) in [6.45, 7) is 1.56. The van der Waals surface area contributed by atoms with Gasteiger partial charge < -0.3 is 9.47 Å². The molecular weight excluding hydrogens is 148 g/mol. The van der Waals surface area contributed by atoms with Gasteiger partial charge in [-0.15, -0.1) is 0 Å². The molecule has 0 radical (unpaired) electrons. The highest BCUT2D eigenvalue weighted by Crippen LogP contribution is 1.99. The van der Waals surface area contributed by atoms with Crippen LogP contribution in [-0.2, 0) is 19.1 Å². The third-order valence-electron chi connectivity index (χ3n) is 1.10. The van der Waals surface area contributed by atoms with Crippen molar-refractivity contribution in [3.05, 3.63) is 11.6 Å². The Bertz CT molecular complexity index is 175. The van der Waals surface area contributed by atoms with E-state index in [0.29, 0.717) is 0 Å². The maximum Gasteiger partial charge on any atom is 0.344 e. The van der Waals surface area contributed by atoms with Gasteiger partial charge in [-0.1, -0.05) is 6.08 Å². The van der Waals surface area contributed by atoms with Gasteiger partial charge in [0.05, 0.1) is 14.2 Å². The smallest absolute Gasteiger partial charge is 0.344 e. The second-order valence-corrected chi connectivity index (χ2v) is 1.69. The maximum absolute atomic E-state index is 10.8. The van der Waals surface area contributed by atoms with Crippen LogP contribution in [0, 0.1) is 0 Å². The van der Waals surface area contributed by atoms with Gasteiger partial charge in [0.2, 0.25) is 0 Å². The molecule has 4 nitrogen and oxygen atoms in total. The first kappa shape index (κ1) is 9.68. The molecule has 0 aromatic heterocycles. The van der Waals surface area contributed by atoms with E-state index in [1.54, 1.807) is 6.92 Å². The molecule has 0 spiro atoms. The van der Waals surface area contributed by atoms with Crippen molar-refractivity contribution >= 4 is 11.9 Å². The SMILES string of the molecule is CC=C(C(=O)OC)C(=O)OC. The van der Waals surface area contributed by atoms with Gasteiger partial charge in [0.1, 0.15) is 5.57 Å². The summed E-state index contributed by atoms with van der Waals surface area (Å²) >= 11 is 0. The van der Waals surface area contributed by atoms with Crippen LogP contribution in [-0.4, -0.2) is 26.2 Å². The first-order valence-corrected chi connectivity index (χ1v) is 3.00. The molecule has 0 aromatic rings. The Hall–Kier alpha value is -1.32. The molecule has 0 saturated carbocycles. The predicted octanol–water partition coefficient (Wildman–Crippen LogP) is 0.279. The zero-order valence-electron chi connectivity index (χ0n) is 6.71. The summed E-state index contributed by atoms with van der Waals surface area (Å²) in [6.07, 6.45) is 1.34. The highest BCUT2D eigenvalue weighted by Gasteiger charge is 2.17. The number of ether oxygens (including phenoxy) is 2. The van der Waals surface area contributed by atoms with Crippen molar-refractivity contribution in [3.8, 4) is 0 Å². The van der Waals surface area contributed by atoms with Crippen molar-refractivity contribution in [2.45, 2.75) is 6.92 Å². The summed E-state index contributed by atoms with van der Waals surface area (Å²) in [5.41, 5.74) is -0.0880. The molecule has 4 heteroatoms. The fourth-order valence-electron chi connectivity index (χ4n) is 0.539. The number of carbonyl (C=O) groups is 2. The molecule has 0 N–H and O–H groups in total. The summed E-state index contributed by atoms with van der Waals surface area (Å²) in [7, 11) is 2.41. The van der Waals surface area contributed by atoms with Crippen molar-refractivity contribution < 1.29 is 19.1 Å². The van der Waals surface area contributed by atoms with Gasteiger partial charge in [-0.05, 0) is 6.92 Å². The molecule has 0 aliphatic carbocycles. The highest BCUT2D eigenvalue weighted by molar-refractivity contribution is 6.13. The van der Waals surface area contributed by atoms with Crippen LogP contribution in [0.5, 0.6) is 0 Å². The van der Waals surface area contributed by atoms with Gasteiger partial charge in [0.25, 0.3) is 0 Å². The zero-order chi connectivity index (χ0) is 8.85. The van der Waals surface area contributed by atoms with Crippen molar-refractivity contribution in [2.24, 2.45) is 0 Å². The Kier molecular flexibility index (Phi) is 3.95. The van der Waals surface area contributed by atoms with Crippen molar-refractivity contribution in [1.82, 2.24) is 0 Å². The lowest BCUT2D eigenvalue weighted by molar-refractivity contribution is -0.144. The van der Waals surface area contributed by atoms with Crippen LogP contribution < -0.4 is 0 Å². The second-order valence-electron chi connectivity index (χ2n) is 1.69. The van der Waals surface area contributed by atoms with Crippen molar-refractivity contribution in [3.63, 3.8) is 0 Å². The van der Waals surface area contributed by atoms with Crippen LogP contribution >= 0.6 is 0 Å². The average Bonchev–Trinajstić information content (AvgIpc) is 2.05. The molecule has 11 heavy (non-hydrogen) atoms. The van der Waals surface area contributed by atoms with E-state index < -0.39 is 11.9 Å². The molecule has 0 saturated heterocycles. The number of methoxy groups -OCH3 is 2. The van der Waals surface area contributed by atoms with Crippen LogP contribution in [0.3, 0.4) is 0 Å². The van der Waals surface area contributed by atoms with E-state index in [0.717, 1.165) is 0 Å². The number of hydrogen-bond acceptors (Lipinski definition) is 4. The van der Waals surface area contributed by atoms with E-state index in [9.17, 15) is 9.59 Å². The normalized spacial score (nSPS) is 8.27. The summed E-state index contributed by atoms with van der Waals surface area (Å²) in [5.74, 6) is -1.36. The minimum absolute atomic E-state index is 0.0880. The average molecular weight is 158 g/mol. The minimum Gasteiger partial charge on any atom is -0.465 e. The monoisotopic (exact) mass is 158 g/mol. The molecule has 0 fully saturated rings. The Labute approximate surface area is 64.8 Å². The molecule has 62 valence electrons. The molecule has 0 amide bonds. The molecule has 0 unspecified atom stereocenters. The quantitative estimate of drug-likeness (QED) is 0.250. The Balaban J connectivity index is 4.43. The van der Waals surface area contributed by atoms with Crippen LogP contribution in [0.15, 0.2) is 11.6 Å². The maximum atomic E-state index is 10.8. The Morgan fingerprint density at radius 1 is 1.09 bits per heavy atom. The van der Waals surface area contributed by atoms with Gasteiger partial charge in [-0.3, -0.25) is 0 Å². The zero-order valence-corrected chi connectivity index (χ0v) is 6.71.